The highest BCUT2D eigenvalue weighted by Crippen LogP contribution is 2.12. The second-order valence-corrected chi connectivity index (χ2v) is 5.00. The molecule has 0 unspecified atom stereocenters. The van der Waals surface area contributed by atoms with E-state index in [9.17, 15) is 0 Å². The number of guanidine groups is 1. The molecule has 0 bridgehead atoms. The molecule has 20 heavy (non-hydrogen) atoms. The van der Waals surface area contributed by atoms with Gasteiger partial charge in [0, 0.05) is 45.4 Å². The van der Waals surface area contributed by atoms with Crippen molar-refractivity contribution in [1.82, 2.24) is 10.2 Å². The van der Waals surface area contributed by atoms with Crippen molar-refractivity contribution in [3.8, 4) is 0 Å². The smallest absolute Gasteiger partial charge is 0.193 e. The molecule has 0 saturated carbocycles. The number of ether oxygens (including phenoxy) is 1. The molecule has 1 aromatic carbocycles. The van der Waals surface area contributed by atoms with E-state index in [0.717, 1.165) is 43.6 Å². The molecule has 0 aliphatic heterocycles. The number of methoxy groups -OCH3 is 1. The number of hydrogen-bond donors (Lipinski definition) is 1. The van der Waals surface area contributed by atoms with Gasteiger partial charge in [-0.3, -0.25) is 4.99 Å². The van der Waals surface area contributed by atoms with E-state index in [-0.39, 0.29) is 0 Å². The monoisotopic (exact) mass is 297 g/mol. The first-order chi connectivity index (χ1) is 9.67. The number of aliphatic imine (C=N–C) groups is 1. The average molecular weight is 298 g/mol. The Balaban J connectivity index is 2.61. The summed E-state index contributed by atoms with van der Waals surface area (Å²) in [5, 5.41) is 4.06. The Bertz CT molecular complexity index is 423. The quantitative estimate of drug-likeness (QED) is 0.478. The van der Waals surface area contributed by atoms with Gasteiger partial charge < -0.3 is 15.0 Å². The summed E-state index contributed by atoms with van der Waals surface area (Å²) < 4.78 is 5.03. The molecule has 5 heteroatoms. The predicted molar refractivity (Wildman–Crippen MR) is 85.4 cm³/mol. The summed E-state index contributed by atoms with van der Waals surface area (Å²) in [5.74, 6) is 0.906. The molecule has 0 aromatic heterocycles. The van der Waals surface area contributed by atoms with Crippen molar-refractivity contribution in [3.05, 3.63) is 34.9 Å². The van der Waals surface area contributed by atoms with Crippen LogP contribution in [0.5, 0.6) is 0 Å². The van der Waals surface area contributed by atoms with Gasteiger partial charge in [0.1, 0.15) is 0 Å². The molecule has 1 aromatic rings. The number of halogens is 1. The van der Waals surface area contributed by atoms with Crippen LogP contribution in [0.3, 0.4) is 0 Å². The highest BCUT2D eigenvalue weighted by Gasteiger charge is 2.06. The SMILES string of the molecule is CCNC(=NCCCOC)N(C)Cc1cccc(Cl)c1. The van der Waals surface area contributed by atoms with Crippen LogP contribution < -0.4 is 5.32 Å². The van der Waals surface area contributed by atoms with Crippen molar-refractivity contribution in [2.75, 3.05) is 33.9 Å². The number of nitrogens with one attached hydrogen (secondary N) is 1. The number of benzene rings is 1. The van der Waals surface area contributed by atoms with Crippen molar-refractivity contribution in [3.63, 3.8) is 0 Å². The van der Waals surface area contributed by atoms with Gasteiger partial charge in [-0.05, 0) is 31.0 Å². The van der Waals surface area contributed by atoms with Gasteiger partial charge in [-0.2, -0.15) is 0 Å². The summed E-state index contributed by atoms with van der Waals surface area (Å²) in [6.45, 7) is 5.19. The second-order valence-electron chi connectivity index (χ2n) is 4.57. The van der Waals surface area contributed by atoms with Crippen LogP contribution in [0, 0.1) is 0 Å². The first-order valence-electron chi connectivity index (χ1n) is 6.90. The zero-order valence-corrected chi connectivity index (χ0v) is 13.3. The number of rotatable bonds is 7. The van der Waals surface area contributed by atoms with Gasteiger partial charge >= 0.3 is 0 Å². The Labute approximate surface area is 126 Å². The fourth-order valence-electron chi connectivity index (χ4n) is 1.85. The molecule has 1 rings (SSSR count). The van der Waals surface area contributed by atoms with E-state index in [1.165, 1.54) is 5.56 Å². The van der Waals surface area contributed by atoms with Crippen LogP contribution >= 0.6 is 11.6 Å². The zero-order chi connectivity index (χ0) is 14.8. The molecular formula is C15H24ClN3O. The molecule has 4 nitrogen and oxygen atoms in total. The molecule has 0 saturated heterocycles. The maximum atomic E-state index is 6.01. The molecule has 1 N–H and O–H groups in total. The summed E-state index contributed by atoms with van der Waals surface area (Å²) in [5.41, 5.74) is 1.17. The van der Waals surface area contributed by atoms with Crippen LogP contribution in [0.25, 0.3) is 0 Å². The molecular weight excluding hydrogens is 274 g/mol. The summed E-state index contributed by atoms with van der Waals surface area (Å²) in [6, 6.07) is 7.90. The minimum absolute atomic E-state index is 0.737. The van der Waals surface area contributed by atoms with Gasteiger partial charge in [0.25, 0.3) is 0 Å². The summed E-state index contributed by atoms with van der Waals surface area (Å²) in [7, 11) is 3.74. The first-order valence-corrected chi connectivity index (χ1v) is 7.28. The third-order valence-corrected chi connectivity index (χ3v) is 3.01. The van der Waals surface area contributed by atoms with E-state index < -0.39 is 0 Å². The molecule has 0 amide bonds. The van der Waals surface area contributed by atoms with Crippen LogP contribution in [0.2, 0.25) is 5.02 Å². The predicted octanol–water partition coefficient (Wildman–Crippen LogP) is 2.77. The average Bonchev–Trinajstić information content (AvgIpc) is 2.42. The van der Waals surface area contributed by atoms with Gasteiger partial charge in [-0.1, -0.05) is 23.7 Å². The number of hydrogen-bond acceptors (Lipinski definition) is 2. The van der Waals surface area contributed by atoms with Gasteiger partial charge in [-0.15, -0.1) is 0 Å². The fourth-order valence-corrected chi connectivity index (χ4v) is 2.06. The molecule has 0 aliphatic rings. The van der Waals surface area contributed by atoms with E-state index in [1.807, 2.05) is 25.2 Å². The van der Waals surface area contributed by atoms with Crippen molar-refractivity contribution >= 4 is 17.6 Å². The van der Waals surface area contributed by atoms with Crippen LogP contribution in [0.15, 0.2) is 29.3 Å². The normalized spacial score (nSPS) is 11.5. The fraction of sp³-hybridized carbons (Fsp3) is 0.533. The Hall–Kier alpha value is -1.26. The lowest BCUT2D eigenvalue weighted by Gasteiger charge is -2.22. The summed E-state index contributed by atoms with van der Waals surface area (Å²) >= 11 is 6.01. The van der Waals surface area contributed by atoms with E-state index in [1.54, 1.807) is 7.11 Å². The van der Waals surface area contributed by atoms with Crippen LogP contribution in [0.1, 0.15) is 18.9 Å². The zero-order valence-electron chi connectivity index (χ0n) is 12.5. The van der Waals surface area contributed by atoms with Crippen molar-refractivity contribution < 1.29 is 4.74 Å². The standard InChI is InChI=1S/C15H24ClN3O/c1-4-17-15(18-9-6-10-20-3)19(2)12-13-7-5-8-14(16)11-13/h5,7-8,11H,4,6,9-10,12H2,1-3H3,(H,17,18). The van der Waals surface area contributed by atoms with E-state index in [4.69, 9.17) is 16.3 Å². The summed E-state index contributed by atoms with van der Waals surface area (Å²) in [6.07, 6.45) is 0.927. The number of nitrogens with zero attached hydrogens (tertiary/aromatic N) is 2. The third-order valence-electron chi connectivity index (χ3n) is 2.77. The van der Waals surface area contributed by atoms with Crippen LogP contribution in [-0.4, -0.2) is 44.7 Å². The van der Waals surface area contributed by atoms with Crippen LogP contribution in [-0.2, 0) is 11.3 Å². The minimum Gasteiger partial charge on any atom is -0.385 e. The van der Waals surface area contributed by atoms with E-state index in [0.29, 0.717) is 0 Å². The largest absolute Gasteiger partial charge is 0.385 e. The molecule has 0 aliphatic carbocycles. The molecule has 0 fully saturated rings. The molecule has 0 radical (unpaired) electrons. The molecule has 112 valence electrons. The maximum Gasteiger partial charge on any atom is 0.193 e. The van der Waals surface area contributed by atoms with Crippen LogP contribution in [0.4, 0.5) is 0 Å². The lowest BCUT2D eigenvalue weighted by molar-refractivity contribution is 0.197. The molecule has 0 heterocycles. The van der Waals surface area contributed by atoms with Gasteiger partial charge in [-0.25, -0.2) is 0 Å². The van der Waals surface area contributed by atoms with Crippen molar-refractivity contribution in [2.24, 2.45) is 4.99 Å². The van der Waals surface area contributed by atoms with Gasteiger partial charge in [0.15, 0.2) is 5.96 Å². The lowest BCUT2D eigenvalue weighted by Crippen LogP contribution is -2.38. The molecule has 0 atom stereocenters. The second kappa shape index (κ2) is 9.61. The summed E-state index contributed by atoms with van der Waals surface area (Å²) in [4.78, 5) is 6.69. The topological polar surface area (TPSA) is 36.9 Å². The molecule has 0 spiro atoms. The highest BCUT2D eigenvalue weighted by atomic mass is 35.5. The van der Waals surface area contributed by atoms with Gasteiger partial charge in [0.05, 0.1) is 0 Å². The van der Waals surface area contributed by atoms with E-state index in [2.05, 4.69) is 28.2 Å². The third kappa shape index (κ3) is 6.26. The van der Waals surface area contributed by atoms with Crippen molar-refractivity contribution in [2.45, 2.75) is 19.9 Å². The Morgan fingerprint density at radius 1 is 1.45 bits per heavy atom. The maximum absolute atomic E-state index is 6.01. The highest BCUT2D eigenvalue weighted by molar-refractivity contribution is 6.30. The first kappa shape index (κ1) is 16.8. The van der Waals surface area contributed by atoms with Crippen molar-refractivity contribution in [1.29, 1.82) is 0 Å². The Kier molecular flexibility index (Phi) is 8.07. The lowest BCUT2D eigenvalue weighted by atomic mass is 10.2. The Morgan fingerprint density at radius 2 is 2.25 bits per heavy atom. The van der Waals surface area contributed by atoms with Gasteiger partial charge in [0.2, 0.25) is 0 Å². The van der Waals surface area contributed by atoms with E-state index >= 15 is 0 Å². The minimum atomic E-state index is 0.737. The Morgan fingerprint density at radius 3 is 2.90 bits per heavy atom.